The van der Waals surface area contributed by atoms with Crippen LogP contribution in [0.1, 0.15) is 0 Å². The molecule has 0 radical (unpaired) electrons. The van der Waals surface area contributed by atoms with Crippen LogP contribution in [-0.4, -0.2) is 0 Å². The van der Waals surface area contributed by atoms with E-state index in [9.17, 15) is 0 Å². The van der Waals surface area contributed by atoms with Gasteiger partial charge in [-0.05, 0) is 0 Å². The van der Waals surface area contributed by atoms with Crippen molar-refractivity contribution in [3.63, 3.8) is 0 Å². The molecule has 0 aliphatic carbocycles. The van der Waals surface area contributed by atoms with Crippen molar-refractivity contribution in [2.45, 2.75) is 0 Å². The van der Waals surface area contributed by atoms with E-state index in [-0.39, 0.29) is 0 Å². The third-order valence-electron chi connectivity index (χ3n) is 0. The first kappa shape index (κ1) is 4.14. The fourth-order valence-corrected chi connectivity index (χ4v) is 0. The summed E-state index contributed by atoms with van der Waals surface area (Å²) in [5.41, 5.74) is 0. The van der Waals surface area contributed by atoms with Crippen LogP contribution in [0.25, 0.3) is 0 Å². The summed E-state index contributed by atoms with van der Waals surface area (Å²) in [4.78, 5) is 0. The number of hydrogen-bond acceptors (Lipinski definition) is 3. The van der Waals surface area contributed by atoms with Gasteiger partial charge < -0.3 is 0 Å². The van der Waals surface area contributed by atoms with E-state index in [0.29, 0.717) is 0 Å². The molecule has 0 N–H and O–H groups in total. The Morgan fingerprint density at radius 1 is 1.00 bits per heavy atom. The second-order valence-corrected chi connectivity index (χ2v) is 0.892. The molecule has 0 aliphatic heterocycles. The van der Waals surface area contributed by atoms with Crippen molar-refractivity contribution in [1.82, 2.24) is 0 Å². The first-order valence-corrected chi connectivity index (χ1v) is 2.18. The molecule has 0 aromatic rings. The van der Waals surface area contributed by atoms with Crippen molar-refractivity contribution in [2.75, 3.05) is 0 Å². The van der Waals surface area contributed by atoms with Gasteiger partial charge in [0.1, 0.15) is 0 Å². The normalized spacial score (nSPS) is 10.5. The predicted molar refractivity (Wildman–Crippen MR) is 2.06 cm³/mol. The summed E-state index contributed by atoms with van der Waals surface area (Å²) < 4.78 is 25.6. The van der Waals surface area contributed by atoms with Crippen molar-refractivity contribution in [1.29, 1.82) is 0 Å². The van der Waals surface area contributed by atoms with Gasteiger partial charge in [0.15, 0.2) is 0 Å². The average molecular weight is 156 g/mol. The van der Waals surface area contributed by atoms with E-state index in [2.05, 4.69) is 0 Å². The van der Waals surface area contributed by atoms with Gasteiger partial charge in [-0.2, -0.15) is 0 Å². The Hall–Kier alpha value is 0.140. The minimum atomic E-state index is -3.64. The molecule has 0 bridgehead atoms. The Kier molecular flexibility index (Phi) is 1.51. The molecular formula is AgO3. The van der Waals surface area contributed by atoms with E-state index in [4.69, 9.17) is 9.75 Å². The molecule has 4 heavy (non-hydrogen) atoms. The van der Waals surface area contributed by atoms with Crippen molar-refractivity contribution < 1.29 is 28.1 Å². The molecule has 0 fully saturated rings. The zero-order chi connectivity index (χ0) is 3.58. The van der Waals surface area contributed by atoms with Gasteiger partial charge in [0.05, 0.1) is 0 Å². The first-order chi connectivity index (χ1) is 1.73. The third kappa shape index (κ3) is 141. The summed E-state index contributed by atoms with van der Waals surface area (Å²) in [5, 5.41) is 0. The summed E-state index contributed by atoms with van der Waals surface area (Å²) in [6, 6.07) is 0. The molecule has 0 heterocycles. The maximum atomic E-state index is 8.52. The topological polar surface area (TPSA) is 51.2 Å². The third-order valence-corrected chi connectivity index (χ3v) is 0. The summed E-state index contributed by atoms with van der Waals surface area (Å²) >= 11 is -3.64. The van der Waals surface area contributed by atoms with E-state index in [1.165, 1.54) is 0 Å². The SMILES string of the molecule is [O]=[Ag](=[O])=[O]. The Morgan fingerprint density at radius 3 is 1.00 bits per heavy atom. The Morgan fingerprint density at radius 2 is 1.00 bits per heavy atom. The fraction of sp³-hybridized carbons (Fsp3) is 0. The average Bonchev–Trinajstić information content (AvgIpc) is 0.811. The van der Waals surface area contributed by atoms with E-state index >= 15 is 0 Å². The standard InChI is InChI=1S/Ag.3O. The first-order valence-electron chi connectivity index (χ1n) is 0.369. The monoisotopic (exact) mass is 155 g/mol. The van der Waals surface area contributed by atoms with Crippen LogP contribution < -0.4 is 0 Å². The molecule has 0 saturated carbocycles. The maximum absolute atomic E-state index is 8.52. The fourth-order valence-electron chi connectivity index (χ4n) is 0. The van der Waals surface area contributed by atoms with Crippen LogP contribution in [0.5, 0.6) is 0 Å². The second kappa shape index (κ2) is 1.46. The van der Waals surface area contributed by atoms with Crippen molar-refractivity contribution in [3.05, 3.63) is 0 Å². The molecule has 0 atom stereocenters. The van der Waals surface area contributed by atoms with Gasteiger partial charge in [-0.15, -0.1) is 0 Å². The quantitative estimate of drug-likeness (QED) is 0.450. The van der Waals surface area contributed by atoms with Crippen molar-refractivity contribution in [3.8, 4) is 0 Å². The molecule has 0 aromatic heterocycles. The molecule has 4 heteroatoms. The molecule has 3 nitrogen and oxygen atoms in total. The summed E-state index contributed by atoms with van der Waals surface area (Å²) in [5.74, 6) is 0. The molecule has 0 saturated heterocycles. The van der Waals surface area contributed by atoms with Crippen LogP contribution in [0, 0.1) is 0 Å². The van der Waals surface area contributed by atoms with E-state index < -0.39 is 18.4 Å². The van der Waals surface area contributed by atoms with E-state index in [0.717, 1.165) is 0 Å². The van der Waals surface area contributed by atoms with E-state index in [1.54, 1.807) is 0 Å². The Balaban J connectivity index is 4.65. The number of hydrogen-bond donors (Lipinski definition) is 0. The predicted octanol–water partition coefficient (Wildman–Crippen LogP) is -0.359. The second-order valence-electron chi connectivity index (χ2n) is 0.151. The molecule has 0 rings (SSSR count). The zero-order valence-corrected chi connectivity index (χ0v) is 3.01. The van der Waals surface area contributed by atoms with Gasteiger partial charge in [-0.3, -0.25) is 0 Å². The van der Waals surface area contributed by atoms with Crippen molar-refractivity contribution >= 4 is 0 Å². The van der Waals surface area contributed by atoms with E-state index in [1.807, 2.05) is 0 Å². The summed E-state index contributed by atoms with van der Waals surface area (Å²) in [6.45, 7) is 0. The van der Waals surface area contributed by atoms with Gasteiger partial charge in [0, 0.05) is 0 Å². The molecule has 0 aromatic carbocycles. The van der Waals surface area contributed by atoms with Crippen LogP contribution in [0.3, 0.4) is 0 Å². The van der Waals surface area contributed by atoms with Gasteiger partial charge in [-0.1, -0.05) is 0 Å². The van der Waals surface area contributed by atoms with Crippen LogP contribution in [-0.2, 0) is 28.1 Å². The van der Waals surface area contributed by atoms with Gasteiger partial charge >= 0.3 is 28.1 Å². The number of rotatable bonds is 0. The van der Waals surface area contributed by atoms with Crippen LogP contribution in [0.15, 0.2) is 0 Å². The minimum absolute atomic E-state index is 3.64. The van der Waals surface area contributed by atoms with Gasteiger partial charge in [0.2, 0.25) is 0 Å². The Bertz CT molecular complexity index is 72.7. The summed E-state index contributed by atoms with van der Waals surface area (Å²) in [6.07, 6.45) is 0. The van der Waals surface area contributed by atoms with Gasteiger partial charge in [-0.25, -0.2) is 0 Å². The van der Waals surface area contributed by atoms with Crippen LogP contribution in [0.2, 0.25) is 0 Å². The zero-order valence-electron chi connectivity index (χ0n) is 1.53. The molecule has 0 spiro atoms. The molecule has 0 amide bonds. The van der Waals surface area contributed by atoms with Crippen LogP contribution in [0.4, 0.5) is 0 Å². The Labute approximate surface area is 28.7 Å². The molecule has 0 aliphatic rings. The molecular weight excluding hydrogens is 156 g/mol. The van der Waals surface area contributed by atoms with Crippen LogP contribution >= 0.6 is 0 Å². The molecule has 29 valence electrons. The summed E-state index contributed by atoms with van der Waals surface area (Å²) in [7, 11) is 0. The molecule has 0 unspecified atom stereocenters. The van der Waals surface area contributed by atoms with Crippen molar-refractivity contribution in [2.24, 2.45) is 0 Å². The van der Waals surface area contributed by atoms with Gasteiger partial charge in [0.25, 0.3) is 0 Å².